The normalized spacial score (nSPS) is 12.5. The number of hydrogen-bond acceptors (Lipinski definition) is 9. The van der Waals surface area contributed by atoms with Gasteiger partial charge >= 0.3 is 6.01 Å². The Morgan fingerprint density at radius 2 is 1.90 bits per heavy atom. The van der Waals surface area contributed by atoms with Crippen LogP contribution < -0.4 is 15.0 Å². The van der Waals surface area contributed by atoms with Crippen LogP contribution in [-0.4, -0.2) is 50.8 Å². The number of aryl methyl sites for hydroxylation is 1. The second kappa shape index (κ2) is 12.2. The van der Waals surface area contributed by atoms with Crippen LogP contribution in [0.3, 0.4) is 0 Å². The van der Waals surface area contributed by atoms with Gasteiger partial charge in [-0.3, -0.25) is 14.7 Å². The Balaban J connectivity index is 1.07. The van der Waals surface area contributed by atoms with Gasteiger partial charge in [-0.2, -0.15) is 14.1 Å². The van der Waals surface area contributed by atoms with Crippen LogP contribution in [0.1, 0.15) is 17.8 Å². The Labute approximate surface area is 284 Å². The van der Waals surface area contributed by atoms with Gasteiger partial charge in [-0.25, -0.2) is 18.0 Å². The minimum atomic E-state index is -1.65. The number of H-pyrrole nitrogens is 1. The SMILES string of the molecule is C#Cc1c(F)ccc2cccc(-c3ncc4c(N5c6c[nH]cc65)nc(OCCC(=O)Nc5cccc(S(=O)n6cnc(C)n6)c5)nc4c3F)c12. The summed E-state index contributed by atoms with van der Waals surface area (Å²) < 4.78 is 51.2. The second-order valence-corrected chi connectivity index (χ2v) is 12.5. The van der Waals surface area contributed by atoms with Crippen LogP contribution in [0.4, 0.5) is 31.7 Å². The summed E-state index contributed by atoms with van der Waals surface area (Å²) in [5.41, 5.74) is 2.24. The van der Waals surface area contributed by atoms with Crippen LogP contribution >= 0.6 is 0 Å². The van der Waals surface area contributed by atoms with Gasteiger partial charge in [-0.05, 0) is 36.6 Å². The van der Waals surface area contributed by atoms with E-state index in [1.165, 1.54) is 22.7 Å². The van der Waals surface area contributed by atoms with Gasteiger partial charge in [0.05, 0.1) is 33.6 Å². The summed E-state index contributed by atoms with van der Waals surface area (Å²) in [6, 6.07) is 14.3. The Hall–Kier alpha value is -6.53. The Kier molecular flexibility index (Phi) is 7.49. The number of nitrogens with zero attached hydrogens (tertiary/aromatic N) is 7. The molecular weight excluding hydrogens is 665 g/mol. The Morgan fingerprint density at radius 1 is 1.08 bits per heavy atom. The maximum Gasteiger partial charge on any atom is 0.319 e. The molecule has 0 saturated carbocycles. The third-order valence-electron chi connectivity index (χ3n) is 8.02. The fourth-order valence-electron chi connectivity index (χ4n) is 5.69. The summed E-state index contributed by atoms with van der Waals surface area (Å²) in [5, 5.41) is 8.13. The van der Waals surface area contributed by atoms with Crippen molar-refractivity contribution in [3.05, 3.63) is 103 Å². The lowest BCUT2D eigenvalue weighted by atomic mass is 9.96. The molecule has 5 heterocycles. The highest BCUT2D eigenvalue weighted by Crippen LogP contribution is 2.54. The van der Waals surface area contributed by atoms with E-state index in [-0.39, 0.29) is 35.8 Å². The summed E-state index contributed by atoms with van der Waals surface area (Å²) >= 11 is 0. The van der Waals surface area contributed by atoms with E-state index < -0.39 is 28.5 Å². The molecule has 2 N–H and O–H groups in total. The molecule has 4 aromatic heterocycles. The zero-order valence-electron chi connectivity index (χ0n) is 26.0. The molecule has 0 fully saturated rings. The van der Waals surface area contributed by atoms with Crippen LogP contribution in [0.2, 0.25) is 0 Å². The van der Waals surface area contributed by atoms with E-state index in [1.54, 1.807) is 72.7 Å². The molecule has 0 aliphatic carbocycles. The molecule has 8 rings (SSSR count). The highest BCUT2D eigenvalue weighted by molar-refractivity contribution is 7.83. The van der Waals surface area contributed by atoms with Crippen molar-refractivity contribution in [3.8, 4) is 29.6 Å². The predicted octanol–water partition coefficient (Wildman–Crippen LogP) is 6.09. The molecule has 7 aromatic rings. The van der Waals surface area contributed by atoms with E-state index in [1.807, 2.05) is 0 Å². The third kappa shape index (κ3) is 5.37. The van der Waals surface area contributed by atoms with E-state index in [4.69, 9.17) is 11.2 Å². The molecule has 3 aromatic carbocycles. The van der Waals surface area contributed by atoms with Crippen molar-refractivity contribution < 1.29 is 22.5 Å². The number of anilines is 4. The molecule has 15 heteroatoms. The van der Waals surface area contributed by atoms with Crippen molar-refractivity contribution in [2.24, 2.45) is 0 Å². The van der Waals surface area contributed by atoms with Crippen molar-refractivity contribution in [2.45, 2.75) is 18.2 Å². The summed E-state index contributed by atoms with van der Waals surface area (Å²) in [7, 11) is -1.65. The first-order valence-electron chi connectivity index (χ1n) is 15.2. The average Bonchev–Trinajstić information content (AvgIpc) is 3.38. The fraction of sp³-hybridized carbons (Fsp3) is 0.0857. The number of fused-ring (bicyclic) bond motifs is 3. The molecule has 0 saturated heterocycles. The summed E-state index contributed by atoms with van der Waals surface area (Å²) in [4.78, 5) is 35.4. The number of amides is 1. The predicted molar refractivity (Wildman–Crippen MR) is 182 cm³/mol. The monoisotopic (exact) mass is 687 g/mol. The van der Waals surface area contributed by atoms with Gasteiger partial charge in [0.1, 0.15) is 35.8 Å². The molecule has 1 unspecified atom stereocenters. The fourth-order valence-corrected chi connectivity index (χ4v) is 6.65. The number of halogens is 2. The minimum Gasteiger partial charge on any atom is -0.463 e. The topological polar surface area (TPSA) is 144 Å². The van der Waals surface area contributed by atoms with E-state index in [2.05, 4.69) is 41.3 Å². The number of benzene rings is 3. The highest BCUT2D eigenvalue weighted by atomic mass is 32.2. The van der Waals surface area contributed by atoms with E-state index >= 15 is 4.39 Å². The number of carbonyl (C=O) groups is 1. The van der Waals surface area contributed by atoms with Gasteiger partial charge < -0.3 is 15.0 Å². The number of rotatable bonds is 9. The van der Waals surface area contributed by atoms with Crippen LogP contribution in [0.15, 0.2) is 84.4 Å². The largest absolute Gasteiger partial charge is 0.463 e. The number of hydrogen-bond donors (Lipinski definition) is 2. The summed E-state index contributed by atoms with van der Waals surface area (Å²) in [5.74, 6) is 1.43. The van der Waals surface area contributed by atoms with E-state index in [0.29, 0.717) is 43.9 Å². The zero-order chi connectivity index (χ0) is 34.5. The quantitative estimate of drug-likeness (QED) is 0.136. The first kappa shape index (κ1) is 30.8. The maximum absolute atomic E-state index is 16.5. The minimum absolute atomic E-state index is 0.00126. The highest BCUT2D eigenvalue weighted by Gasteiger charge is 2.35. The number of aromatic amines is 1. The number of carbonyl (C=O) groups excluding carboxylic acids is 1. The van der Waals surface area contributed by atoms with Gasteiger partial charge in [0.2, 0.25) is 5.91 Å². The zero-order valence-corrected chi connectivity index (χ0v) is 26.8. The van der Waals surface area contributed by atoms with Gasteiger partial charge in [-0.1, -0.05) is 36.3 Å². The van der Waals surface area contributed by atoms with E-state index in [0.717, 1.165) is 11.4 Å². The van der Waals surface area contributed by atoms with Gasteiger partial charge in [0.25, 0.3) is 0 Å². The molecule has 1 aliphatic rings. The molecule has 0 radical (unpaired) electrons. The smallest absolute Gasteiger partial charge is 0.319 e. The number of terminal acetylenes is 1. The van der Waals surface area contributed by atoms with Crippen molar-refractivity contribution in [1.82, 2.24) is 34.1 Å². The standard InChI is InChI=1S/C35H23F2N9O3S/c1-3-23-26(36)11-10-20-6-4-9-24(30(20)23)32-31(37)33-25(15-39-32)34(46-27-16-38-17-28(27)46)43-35(42-33)49-13-12-29(47)41-21-7-5-8-22(14-21)50(48)45-18-40-19(2)44-45/h1,4-11,14-18,38H,12-13H2,2H3,(H,41,47). The lowest BCUT2D eigenvalue weighted by Gasteiger charge is -2.14. The molecule has 50 heavy (non-hydrogen) atoms. The van der Waals surface area contributed by atoms with E-state index in [9.17, 15) is 13.4 Å². The molecule has 1 amide bonds. The number of aromatic nitrogens is 7. The molecule has 1 atom stereocenters. The number of ether oxygens (including phenoxy) is 1. The Morgan fingerprint density at radius 3 is 2.68 bits per heavy atom. The van der Waals surface area contributed by atoms with Gasteiger partial charge in [0.15, 0.2) is 22.6 Å². The van der Waals surface area contributed by atoms with Gasteiger partial charge in [0, 0.05) is 35.2 Å². The number of nitrogens with one attached hydrogen (secondary N) is 2. The first-order chi connectivity index (χ1) is 24.3. The third-order valence-corrected chi connectivity index (χ3v) is 9.19. The van der Waals surface area contributed by atoms with Crippen molar-refractivity contribution in [3.63, 3.8) is 0 Å². The maximum atomic E-state index is 16.5. The molecule has 0 spiro atoms. The van der Waals surface area contributed by atoms with Crippen LogP contribution in [0.5, 0.6) is 6.01 Å². The molecule has 246 valence electrons. The second-order valence-electron chi connectivity index (χ2n) is 11.2. The first-order valence-corrected chi connectivity index (χ1v) is 16.3. The van der Waals surface area contributed by atoms with Crippen LogP contribution in [0, 0.1) is 30.9 Å². The molecule has 1 aliphatic heterocycles. The molecule has 12 nitrogen and oxygen atoms in total. The number of pyridine rings is 1. The van der Waals surface area contributed by atoms with Crippen LogP contribution in [-0.2, 0) is 15.8 Å². The van der Waals surface area contributed by atoms with Crippen molar-refractivity contribution in [2.75, 3.05) is 16.8 Å². The summed E-state index contributed by atoms with van der Waals surface area (Å²) in [6.45, 7) is 1.55. The molecule has 0 bridgehead atoms. The van der Waals surface area contributed by atoms with Gasteiger partial charge in [-0.15, -0.1) is 11.5 Å². The van der Waals surface area contributed by atoms with Crippen molar-refractivity contribution in [1.29, 1.82) is 0 Å². The molecular formula is C35H23F2N9O3S. The summed E-state index contributed by atoms with van der Waals surface area (Å²) in [6.07, 6.45) is 11.9. The average molecular weight is 688 g/mol. The lowest BCUT2D eigenvalue weighted by molar-refractivity contribution is -0.116. The van der Waals surface area contributed by atoms with Crippen molar-refractivity contribution >= 4 is 61.4 Å². The Bertz CT molecular complexity index is 2560. The lowest BCUT2D eigenvalue weighted by Crippen LogP contribution is -2.16. The van der Waals surface area contributed by atoms with Crippen LogP contribution in [0.25, 0.3) is 32.9 Å².